The van der Waals surface area contributed by atoms with Crippen LogP contribution in [0.3, 0.4) is 0 Å². The van der Waals surface area contributed by atoms with Gasteiger partial charge in [-0.3, -0.25) is 0 Å². The van der Waals surface area contributed by atoms with Gasteiger partial charge in [-0.05, 0) is 37.0 Å². The van der Waals surface area contributed by atoms with E-state index in [0.717, 1.165) is 11.8 Å². The molecule has 0 heterocycles. The third-order valence-corrected chi connectivity index (χ3v) is 3.97. The quantitative estimate of drug-likeness (QED) is 0.490. The zero-order valence-corrected chi connectivity index (χ0v) is 8.68. The normalized spacial score (nSPS) is 40.2. The van der Waals surface area contributed by atoms with Crippen LogP contribution in [0.1, 0.15) is 39.0 Å². The molecule has 2 fully saturated rings. The highest BCUT2D eigenvalue weighted by atomic mass is 14.4. The Balaban J connectivity index is 2.19. The van der Waals surface area contributed by atoms with Gasteiger partial charge in [0.05, 0.1) is 0 Å². The summed E-state index contributed by atoms with van der Waals surface area (Å²) in [6, 6.07) is 0. The Bertz CT molecular complexity index is 236. The van der Waals surface area contributed by atoms with E-state index in [0.29, 0.717) is 5.92 Å². The van der Waals surface area contributed by atoms with Crippen LogP contribution in [0.4, 0.5) is 0 Å². The summed E-state index contributed by atoms with van der Waals surface area (Å²) < 4.78 is 0. The Labute approximate surface area is 81.7 Å². The Morgan fingerprint density at radius 1 is 1.08 bits per heavy atom. The molecule has 0 amide bonds. The van der Waals surface area contributed by atoms with E-state index in [1.54, 1.807) is 0 Å². The molecule has 0 aromatic carbocycles. The van der Waals surface area contributed by atoms with E-state index >= 15 is 0 Å². The molecule has 2 aliphatic carbocycles. The predicted octanol–water partition coefficient (Wildman–Crippen LogP) is 3.95. The van der Waals surface area contributed by atoms with Crippen LogP contribution in [0.2, 0.25) is 0 Å². The fraction of sp³-hybridized carbons (Fsp3) is 0.692. The topological polar surface area (TPSA) is 0 Å². The van der Waals surface area contributed by atoms with Crippen molar-refractivity contribution in [3.05, 3.63) is 24.3 Å². The van der Waals surface area contributed by atoms with E-state index in [4.69, 9.17) is 0 Å². The molecule has 72 valence electrons. The highest BCUT2D eigenvalue weighted by Gasteiger charge is 2.35. The van der Waals surface area contributed by atoms with Crippen LogP contribution >= 0.6 is 0 Å². The minimum Gasteiger partial charge on any atom is -0.0995 e. The minimum atomic E-state index is 0.687. The number of allylic oxidation sites excluding steroid dienone is 2. The first-order valence-corrected chi connectivity index (χ1v) is 5.56. The zero-order valence-electron chi connectivity index (χ0n) is 8.68. The van der Waals surface area contributed by atoms with E-state index in [2.05, 4.69) is 20.1 Å². The van der Waals surface area contributed by atoms with E-state index in [9.17, 15) is 0 Å². The van der Waals surface area contributed by atoms with Crippen molar-refractivity contribution in [3.63, 3.8) is 0 Å². The lowest BCUT2D eigenvalue weighted by Crippen LogP contribution is -2.30. The Hall–Kier alpha value is -0.520. The molecule has 2 saturated carbocycles. The predicted molar refractivity (Wildman–Crippen MR) is 57.5 cm³/mol. The first-order chi connectivity index (χ1) is 6.20. The molecule has 0 nitrogen and oxygen atoms in total. The fourth-order valence-electron chi connectivity index (χ4n) is 3.10. The molecule has 0 spiro atoms. The van der Waals surface area contributed by atoms with Crippen molar-refractivity contribution in [2.45, 2.75) is 39.0 Å². The molecular weight excluding hydrogens is 156 g/mol. The molecule has 0 aromatic heterocycles. The van der Waals surface area contributed by atoms with Crippen LogP contribution in [0.25, 0.3) is 0 Å². The molecule has 3 atom stereocenters. The molecule has 3 unspecified atom stereocenters. The molecule has 13 heavy (non-hydrogen) atoms. The average molecular weight is 176 g/mol. The van der Waals surface area contributed by atoms with Crippen molar-refractivity contribution in [1.82, 2.24) is 0 Å². The highest BCUT2D eigenvalue weighted by Crippen LogP contribution is 2.47. The van der Waals surface area contributed by atoms with Gasteiger partial charge in [-0.1, -0.05) is 44.1 Å². The van der Waals surface area contributed by atoms with Crippen LogP contribution in [-0.4, -0.2) is 0 Å². The number of fused-ring (bicyclic) bond motifs is 1. The van der Waals surface area contributed by atoms with Gasteiger partial charge < -0.3 is 0 Å². The van der Waals surface area contributed by atoms with Crippen LogP contribution in [0, 0.1) is 17.8 Å². The van der Waals surface area contributed by atoms with Gasteiger partial charge in [-0.2, -0.15) is 0 Å². The highest BCUT2D eigenvalue weighted by molar-refractivity contribution is 5.22. The zero-order chi connectivity index (χ0) is 9.42. The lowest BCUT2D eigenvalue weighted by atomic mass is 9.64. The van der Waals surface area contributed by atoms with Gasteiger partial charge in [0.15, 0.2) is 0 Å². The number of rotatable bonds is 0. The van der Waals surface area contributed by atoms with E-state index in [1.165, 1.54) is 43.3 Å². The molecule has 0 aromatic rings. The SMILES string of the molecule is C=C1CC(C)C(=C)C2CCCCC12. The van der Waals surface area contributed by atoms with Crippen molar-refractivity contribution >= 4 is 0 Å². The van der Waals surface area contributed by atoms with Gasteiger partial charge in [-0.15, -0.1) is 0 Å². The Morgan fingerprint density at radius 3 is 2.38 bits per heavy atom. The van der Waals surface area contributed by atoms with Crippen LogP contribution in [0.15, 0.2) is 24.3 Å². The average Bonchev–Trinajstić information content (AvgIpc) is 2.15. The van der Waals surface area contributed by atoms with Gasteiger partial charge in [0.1, 0.15) is 0 Å². The van der Waals surface area contributed by atoms with E-state index in [-0.39, 0.29) is 0 Å². The molecule has 0 radical (unpaired) electrons. The summed E-state index contributed by atoms with van der Waals surface area (Å²) in [5.41, 5.74) is 3.02. The van der Waals surface area contributed by atoms with E-state index in [1.807, 2.05) is 0 Å². The van der Waals surface area contributed by atoms with Crippen LogP contribution in [0.5, 0.6) is 0 Å². The number of hydrogen-bond donors (Lipinski definition) is 0. The summed E-state index contributed by atoms with van der Waals surface area (Å²) in [7, 11) is 0. The monoisotopic (exact) mass is 176 g/mol. The smallest absolute Gasteiger partial charge is 0.0138 e. The maximum absolute atomic E-state index is 4.27. The summed E-state index contributed by atoms with van der Waals surface area (Å²) in [6.45, 7) is 10.8. The molecule has 0 N–H and O–H groups in total. The van der Waals surface area contributed by atoms with Crippen molar-refractivity contribution in [2.24, 2.45) is 17.8 Å². The lowest BCUT2D eigenvalue weighted by Gasteiger charge is -2.41. The largest absolute Gasteiger partial charge is 0.0995 e. The van der Waals surface area contributed by atoms with Gasteiger partial charge in [-0.25, -0.2) is 0 Å². The van der Waals surface area contributed by atoms with Gasteiger partial charge in [0.2, 0.25) is 0 Å². The number of hydrogen-bond acceptors (Lipinski definition) is 0. The standard InChI is InChI=1S/C13H20/c1-9-8-10(2)12-6-4-5-7-13(12)11(9)3/h9,12-13H,2-8H2,1H3. The molecule has 0 saturated heterocycles. The molecule has 2 rings (SSSR count). The molecule has 0 bridgehead atoms. The third kappa shape index (κ3) is 1.47. The second-order valence-electron chi connectivity index (χ2n) is 4.84. The van der Waals surface area contributed by atoms with E-state index < -0.39 is 0 Å². The Morgan fingerprint density at radius 2 is 1.69 bits per heavy atom. The Kier molecular flexibility index (Phi) is 2.31. The van der Waals surface area contributed by atoms with Gasteiger partial charge >= 0.3 is 0 Å². The summed E-state index contributed by atoms with van der Waals surface area (Å²) in [5, 5.41) is 0. The van der Waals surface area contributed by atoms with Crippen molar-refractivity contribution in [3.8, 4) is 0 Å². The summed E-state index contributed by atoms with van der Waals surface area (Å²) >= 11 is 0. The maximum Gasteiger partial charge on any atom is -0.0138 e. The second kappa shape index (κ2) is 3.32. The molecule has 2 aliphatic rings. The summed E-state index contributed by atoms with van der Waals surface area (Å²) in [4.78, 5) is 0. The third-order valence-electron chi connectivity index (χ3n) is 3.97. The fourth-order valence-corrected chi connectivity index (χ4v) is 3.10. The second-order valence-corrected chi connectivity index (χ2v) is 4.84. The van der Waals surface area contributed by atoms with Crippen LogP contribution < -0.4 is 0 Å². The summed E-state index contributed by atoms with van der Waals surface area (Å²) in [5.74, 6) is 2.26. The van der Waals surface area contributed by atoms with Crippen LogP contribution in [-0.2, 0) is 0 Å². The van der Waals surface area contributed by atoms with Crippen molar-refractivity contribution < 1.29 is 0 Å². The molecular formula is C13H20. The van der Waals surface area contributed by atoms with Crippen molar-refractivity contribution in [1.29, 1.82) is 0 Å². The molecule has 0 heteroatoms. The first-order valence-electron chi connectivity index (χ1n) is 5.56. The minimum absolute atomic E-state index is 0.687. The maximum atomic E-state index is 4.27. The summed E-state index contributed by atoms with van der Waals surface area (Å²) in [6.07, 6.45) is 6.74. The first kappa shape index (κ1) is 9.05. The molecule has 0 aliphatic heterocycles. The van der Waals surface area contributed by atoms with Gasteiger partial charge in [0, 0.05) is 0 Å². The lowest BCUT2D eigenvalue weighted by molar-refractivity contribution is 0.258. The van der Waals surface area contributed by atoms with Gasteiger partial charge in [0.25, 0.3) is 0 Å². The van der Waals surface area contributed by atoms with Crippen molar-refractivity contribution in [2.75, 3.05) is 0 Å².